The molecular formula is C27H32O5. The molecular weight excluding hydrogens is 404 g/mol. The van der Waals surface area contributed by atoms with Gasteiger partial charge in [-0.1, -0.05) is 44.2 Å². The SMILES string of the molecule is COCOc1cc(COC)cc2c1O[C@]1(C)C/C(=C\c3ccccc3)C(=O)C(C)(C)[C@H]1C2. The molecule has 0 aromatic heterocycles. The summed E-state index contributed by atoms with van der Waals surface area (Å²) in [7, 11) is 3.27. The van der Waals surface area contributed by atoms with Gasteiger partial charge < -0.3 is 18.9 Å². The van der Waals surface area contributed by atoms with Crippen molar-refractivity contribution in [1.82, 2.24) is 0 Å². The number of fused-ring (bicyclic) bond motifs is 2. The number of Topliss-reactive ketones (excluding diaryl/α,β-unsaturated/α-hetero) is 1. The molecule has 0 spiro atoms. The molecule has 0 N–H and O–H groups in total. The van der Waals surface area contributed by atoms with Crippen LogP contribution in [0.1, 0.15) is 43.9 Å². The Hall–Kier alpha value is -2.63. The van der Waals surface area contributed by atoms with Crippen molar-refractivity contribution in [3.05, 3.63) is 64.7 Å². The van der Waals surface area contributed by atoms with Crippen LogP contribution in [0.2, 0.25) is 0 Å². The summed E-state index contributed by atoms with van der Waals surface area (Å²) in [6.45, 7) is 6.83. The molecule has 2 aromatic carbocycles. The van der Waals surface area contributed by atoms with Crippen LogP contribution in [-0.4, -0.2) is 32.4 Å². The molecule has 4 rings (SSSR count). The molecule has 0 amide bonds. The normalized spacial score (nSPS) is 25.1. The smallest absolute Gasteiger partial charge is 0.188 e. The third-order valence-corrected chi connectivity index (χ3v) is 6.76. The summed E-state index contributed by atoms with van der Waals surface area (Å²) in [6, 6.07) is 14.0. The van der Waals surface area contributed by atoms with Crippen LogP contribution in [0.25, 0.3) is 6.08 Å². The van der Waals surface area contributed by atoms with Gasteiger partial charge in [-0.15, -0.1) is 0 Å². The number of benzene rings is 2. The molecule has 32 heavy (non-hydrogen) atoms. The first kappa shape index (κ1) is 22.6. The lowest BCUT2D eigenvalue weighted by Crippen LogP contribution is -2.58. The minimum absolute atomic E-state index is 0.0380. The number of methoxy groups -OCH3 is 2. The first-order valence-electron chi connectivity index (χ1n) is 11.0. The Morgan fingerprint density at radius 3 is 2.53 bits per heavy atom. The second-order valence-electron chi connectivity index (χ2n) is 9.55. The summed E-state index contributed by atoms with van der Waals surface area (Å²) >= 11 is 0. The van der Waals surface area contributed by atoms with Crippen LogP contribution in [0.15, 0.2) is 48.0 Å². The first-order valence-corrected chi connectivity index (χ1v) is 11.0. The highest BCUT2D eigenvalue weighted by Crippen LogP contribution is 2.55. The van der Waals surface area contributed by atoms with Gasteiger partial charge in [-0.25, -0.2) is 0 Å². The van der Waals surface area contributed by atoms with Gasteiger partial charge in [0.05, 0.1) is 6.61 Å². The van der Waals surface area contributed by atoms with Gasteiger partial charge in [-0.2, -0.15) is 0 Å². The van der Waals surface area contributed by atoms with Crippen LogP contribution < -0.4 is 9.47 Å². The lowest BCUT2D eigenvalue weighted by molar-refractivity contribution is -0.140. The van der Waals surface area contributed by atoms with Crippen LogP contribution in [0.4, 0.5) is 0 Å². The molecule has 1 aliphatic carbocycles. The molecule has 1 aliphatic heterocycles. The van der Waals surface area contributed by atoms with E-state index in [9.17, 15) is 4.79 Å². The lowest BCUT2D eigenvalue weighted by Gasteiger charge is -2.53. The Morgan fingerprint density at radius 2 is 1.84 bits per heavy atom. The number of carbonyl (C=O) groups excluding carboxylic acids is 1. The number of hydrogen-bond acceptors (Lipinski definition) is 5. The predicted molar refractivity (Wildman–Crippen MR) is 124 cm³/mol. The third-order valence-electron chi connectivity index (χ3n) is 6.76. The van der Waals surface area contributed by atoms with E-state index in [1.807, 2.05) is 56.3 Å². The molecule has 0 unspecified atom stereocenters. The van der Waals surface area contributed by atoms with Crippen molar-refractivity contribution in [2.75, 3.05) is 21.0 Å². The summed E-state index contributed by atoms with van der Waals surface area (Å²) in [5.74, 6) is 1.63. The average Bonchev–Trinajstić information content (AvgIpc) is 2.76. The quantitative estimate of drug-likeness (QED) is 0.460. The van der Waals surface area contributed by atoms with Crippen molar-refractivity contribution in [3.8, 4) is 11.5 Å². The highest BCUT2D eigenvalue weighted by atomic mass is 16.7. The fourth-order valence-electron chi connectivity index (χ4n) is 5.29. The molecule has 5 heteroatoms. The number of ether oxygens (including phenoxy) is 4. The van der Waals surface area contributed by atoms with Crippen molar-refractivity contribution in [1.29, 1.82) is 0 Å². The maximum atomic E-state index is 13.6. The fourth-order valence-corrected chi connectivity index (χ4v) is 5.29. The van der Waals surface area contributed by atoms with Gasteiger partial charge >= 0.3 is 0 Å². The molecule has 0 saturated heterocycles. The Bertz CT molecular complexity index is 1020. The number of rotatable bonds is 6. The standard InChI is InChI=1S/C27H32O5/c1-26(2)23-14-20-12-19(16-29-4)13-22(31-17-30-5)24(20)32-27(23,3)15-21(25(26)28)11-18-9-7-6-8-10-18/h6-13,23H,14-17H2,1-5H3/b21-11+/t23-,27-/m1/s1. The number of carbonyl (C=O) groups is 1. The van der Waals surface area contributed by atoms with Crippen LogP contribution in [-0.2, 0) is 27.3 Å². The van der Waals surface area contributed by atoms with Crippen LogP contribution in [0.5, 0.6) is 11.5 Å². The first-order chi connectivity index (χ1) is 15.3. The Balaban J connectivity index is 1.77. The van der Waals surface area contributed by atoms with Gasteiger partial charge in [0.25, 0.3) is 0 Å². The van der Waals surface area contributed by atoms with Crippen LogP contribution in [0, 0.1) is 11.3 Å². The van der Waals surface area contributed by atoms with E-state index in [-0.39, 0.29) is 18.5 Å². The summed E-state index contributed by atoms with van der Waals surface area (Å²) in [6.07, 6.45) is 3.30. The third kappa shape index (κ3) is 4.07. The van der Waals surface area contributed by atoms with Gasteiger partial charge in [0.2, 0.25) is 0 Å². The molecule has 170 valence electrons. The summed E-state index contributed by atoms with van der Waals surface area (Å²) in [5.41, 5.74) is 2.80. The van der Waals surface area contributed by atoms with E-state index in [2.05, 4.69) is 13.0 Å². The van der Waals surface area contributed by atoms with Crippen molar-refractivity contribution >= 4 is 11.9 Å². The van der Waals surface area contributed by atoms with Crippen LogP contribution >= 0.6 is 0 Å². The molecule has 1 heterocycles. The number of ketones is 1. The minimum atomic E-state index is -0.559. The second-order valence-corrected chi connectivity index (χ2v) is 9.55. The van der Waals surface area contributed by atoms with Gasteiger partial charge in [0.15, 0.2) is 24.1 Å². The molecule has 1 saturated carbocycles. The molecule has 0 bridgehead atoms. The largest absolute Gasteiger partial charge is 0.483 e. The second kappa shape index (κ2) is 8.72. The van der Waals surface area contributed by atoms with Crippen molar-refractivity contribution in [2.24, 2.45) is 11.3 Å². The Kier molecular flexibility index (Phi) is 6.15. The van der Waals surface area contributed by atoms with E-state index in [4.69, 9.17) is 18.9 Å². The molecule has 2 aliphatic rings. The van der Waals surface area contributed by atoms with Gasteiger partial charge in [0.1, 0.15) is 5.60 Å². The zero-order valence-corrected chi connectivity index (χ0v) is 19.6. The van der Waals surface area contributed by atoms with E-state index in [1.54, 1.807) is 14.2 Å². The highest BCUT2D eigenvalue weighted by Gasteiger charge is 2.56. The van der Waals surface area contributed by atoms with Crippen molar-refractivity contribution < 1.29 is 23.7 Å². The minimum Gasteiger partial charge on any atom is -0.483 e. The van der Waals surface area contributed by atoms with Crippen molar-refractivity contribution in [2.45, 2.75) is 45.8 Å². The average molecular weight is 437 g/mol. The zero-order chi connectivity index (χ0) is 22.9. The molecule has 2 aromatic rings. The summed E-state index contributed by atoms with van der Waals surface area (Å²) in [5, 5.41) is 0. The van der Waals surface area contributed by atoms with E-state index in [0.29, 0.717) is 18.8 Å². The summed E-state index contributed by atoms with van der Waals surface area (Å²) in [4.78, 5) is 13.6. The fraction of sp³-hybridized carbons (Fsp3) is 0.444. The van der Waals surface area contributed by atoms with Gasteiger partial charge in [-0.3, -0.25) is 4.79 Å². The van der Waals surface area contributed by atoms with E-state index in [0.717, 1.165) is 34.4 Å². The van der Waals surface area contributed by atoms with E-state index in [1.165, 1.54) is 0 Å². The summed E-state index contributed by atoms with van der Waals surface area (Å²) < 4.78 is 23.1. The number of hydrogen-bond donors (Lipinski definition) is 0. The lowest BCUT2D eigenvalue weighted by atomic mass is 9.57. The predicted octanol–water partition coefficient (Wildman–Crippen LogP) is 5.21. The van der Waals surface area contributed by atoms with E-state index < -0.39 is 11.0 Å². The maximum Gasteiger partial charge on any atom is 0.188 e. The van der Waals surface area contributed by atoms with Gasteiger partial charge in [-0.05, 0) is 48.2 Å². The monoisotopic (exact) mass is 436 g/mol. The van der Waals surface area contributed by atoms with E-state index >= 15 is 0 Å². The molecule has 1 fully saturated rings. The molecule has 5 nitrogen and oxygen atoms in total. The topological polar surface area (TPSA) is 54.0 Å². The Labute approximate surface area is 190 Å². The molecule has 2 atom stereocenters. The van der Waals surface area contributed by atoms with Crippen molar-refractivity contribution in [3.63, 3.8) is 0 Å². The molecule has 0 radical (unpaired) electrons. The Morgan fingerprint density at radius 1 is 1.09 bits per heavy atom. The van der Waals surface area contributed by atoms with Gasteiger partial charge in [0, 0.05) is 37.5 Å². The highest BCUT2D eigenvalue weighted by molar-refractivity contribution is 6.04. The zero-order valence-electron chi connectivity index (χ0n) is 19.6. The van der Waals surface area contributed by atoms with Crippen LogP contribution in [0.3, 0.4) is 0 Å². The maximum absolute atomic E-state index is 13.6.